The first kappa shape index (κ1) is 28.0. The molecule has 4 fully saturated rings. The van der Waals surface area contributed by atoms with Crippen LogP contribution in [0.4, 0.5) is 5.69 Å². The topological polar surface area (TPSA) is 120 Å². The molecule has 1 aromatic rings. The van der Waals surface area contributed by atoms with Crippen LogP contribution in [0.3, 0.4) is 0 Å². The van der Waals surface area contributed by atoms with Crippen LogP contribution in [0.25, 0.3) is 0 Å². The van der Waals surface area contributed by atoms with E-state index in [-0.39, 0.29) is 24.3 Å². The maximum Gasteiger partial charge on any atom is 0.245 e. The minimum Gasteiger partial charge on any atom is -0.396 e. The molecule has 1 aromatic carbocycles. The van der Waals surface area contributed by atoms with Crippen LogP contribution in [0.1, 0.15) is 45.4 Å². The molecule has 3 N–H and O–H groups in total. The van der Waals surface area contributed by atoms with Gasteiger partial charge >= 0.3 is 0 Å². The minimum atomic E-state index is -1.02. The van der Waals surface area contributed by atoms with Gasteiger partial charge in [0, 0.05) is 45.0 Å². The summed E-state index contributed by atoms with van der Waals surface area (Å²) in [5.41, 5.74) is -1.15. The molecule has 5 atom stereocenters. The van der Waals surface area contributed by atoms with E-state index in [1.54, 1.807) is 4.90 Å². The number of hydrogen-bond acceptors (Lipinski definition) is 7. The number of aliphatic hydroxyl groups excluding tert-OH is 1. The third-order valence-corrected chi connectivity index (χ3v) is 8.99. The van der Waals surface area contributed by atoms with Crippen LogP contribution in [0.5, 0.6) is 0 Å². The van der Waals surface area contributed by atoms with E-state index >= 15 is 0 Å². The van der Waals surface area contributed by atoms with Crippen LogP contribution in [0, 0.1) is 11.8 Å². The smallest absolute Gasteiger partial charge is 0.245 e. The number of morpholine rings is 1. The maximum absolute atomic E-state index is 14.1. The molecule has 5 rings (SSSR count). The van der Waals surface area contributed by atoms with Gasteiger partial charge in [0.1, 0.15) is 11.6 Å². The highest BCUT2D eigenvalue weighted by atomic mass is 16.5. The average molecular weight is 543 g/mol. The number of aliphatic hydroxyl groups is 1. The number of carbonyl (C=O) groups is 3. The molecule has 10 heteroatoms. The maximum atomic E-state index is 14.1. The molecule has 10 nitrogen and oxygen atoms in total. The van der Waals surface area contributed by atoms with Crippen molar-refractivity contribution in [1.82, 2.24) is 15.1 Å². The van der Waals surface area contributed by atoms with E-state index in [2.05, 4.69) is 15.5 Å². The molecule has 3 amide bonds. The zero-order chi connectivity index (χ0) is 27.5. The summed E-state index contributed by atoms with van der Waals surface area (Å²) in [7, 11) is 0. The second kappa shape index (κ2) is 11.9. The molecule has 2 unspecified atom stereocenters. The van der Waals surface area contributed by atoms with Crippen molar-refractivity contribution in [3.8, 4) is 0 Å². The number of nitrogens with one attached hydrogen (secondary N) is 2. The number of anilines is 1. The summed E-state index contributed by atoms with van der Waals surface area (Å²) < 4.78 is 12.1. The number of amides is 3. The van der Waals surface area contributed by atoms with Gasteiger partial charge in [0.25, 0.3) is 0 Å². The lowest BCUT2D eigenvalue weighted by Crippen LogP contribution is -2.56. The molecule has 4 heterocycles. The van der Waals surface area contributed by atoms with Crippen LogP contribution in [-0.2, 0) is 23.9 Å². The first-order valence-corrected chi connectivity index (χ1v) is 14.4. The van der Waals surface area contributed by atoms with E-state index in [1.807, 2.05) is 37.3 Å². The van der Waals surface area contributed by atoms with Crippen LogP contribution < -0.4 is 10.6 Å². The lowest BCUT2D eigenvalue weighted by Gasteiger charge is -2.34. The predicted molar refractivity (Wildman–Crippen MR) is 145 cm³/mol. The second-order valence-electron chi connectivity index (χ2n) is 11.5. The summed E-state index contributed by atoms with van der Waals surface area (Å²) in [4.78, 5) is 45.5. The Morgan fingerprint density at radius 3 is 2.51 bits per heavy atom. The number of fused-ring (bicyclic) bond motifs is 1. The number of carbonyl (C=O) groups excluding carboxylic acids is 3. The van der Waals surface area contributed by atoms with E-state index in [9.17, 15) is 14.4 Å². The summed E-state index contributed by atoms with van der Waals surface area (Å²) in [6.45, 7) is 6.74. The number of unbranched alkanes of at least 4 members (excludes halogenated alkanes) is 3. The van der Waals surface area contributed by atoms with Gasteiger partial charge in [0.05, 0.1) is 30.7 Å². The largest absolute Gasteiger partial charge is 0.396 e. The number of nitrogens with zero attached hydrogens (tertiary/aromatic N) is 2. The zero-order valence-electron chi connectivity index (χ0n) is 22.9. The Balaban J connectivity index is 1.35. The van der Waals surface area contributed by atoms with E-state index < -0.39 is 29.1 Å². The molecule has 4 saturated heterocycles. The second-order valence-corrected chi connectivity index (χ2v) is 11.5. The Labute approximate surface area is 230 Å². The zero-order valence-corrected chi connectivity index (χ0v) is 22.9. The lowest BCUT2D eigenvalue weighted by atomic mass is 9.66. The Hall–Kier alpha value is -2.53. The molecule has 0 radical (unpaired) electrons. The van der Waals surface area contributed by atoms with Crippen LogP contribution in [-0.4, -0.2) is 102 Å². The van der Waals surface area contributed by atoms with Crippen molar-refractivity contribution in [2.24, 2.45) is 11.8 Å². The van der Waals surface area contributed by atoms with Gasteiger partial charge in [-0.05, 0) is 44.7 Å². The first-order chi connectivity index (χ1) is 18.9. The minimum absolute atomic E-state index is 0.145. The number of ether oxygens (including phenoxy) is 2. The normalized spacial score (nSPS) is 31.9. The molecular weight excluding hydrogens is 500 g/mol. The Morgan fingerprint density at radius 2 is 1.77 bits per heavy atom. The molecule has 4 aliphatic rings. The van der Waals surface area contributed by atoms with E-state index in [4.69, 9.17) is 14.6 Å². The molecule has 4 aliphatic heterocycles. The molecular formula is C29H42N4O6. The van der Waals surface area contributed by atoms with Gasteiger partial charge in [-0.2, -0.15) is 0 Å². The van der Waals surface area contributed by atoms with Gasteiger partial charge in [-0.3, -0.25) is 19.3 Å². The Bertz CT molecular complexity index is 1030. The van der Waals surface area contributed by atoms with Crippen molar-refractivity contribution in [2.45, 2.75) is 62.7 Å². The van der Waals surface area contributed by atoms with Crippen molar-refractivity contribution in [3.63, 3.8) is 0 Å². The molecule has 39 heavy (non-hydrogen) atoms. The fraction of sp³-hybridized carbons (Fsp3) is 0.690. The number of benzene rings is 1. The summed E-state index contributed by atoms with van der Waals surface area (Å²) in [6.07, 6.45) is 4.34. The van der Waals surface area contributed by atoms with Crippen molar-refractivity contribution >= 4 is 23.4 Å². The SMILES string of the molecule is C[C@@]12CCC3(O1)C(C(=O)NCCN1CCOCC1)N(CCCCCCO)C(=O)[C@@H]3[C@@H]2C(=O)Nc1ccccc1. The van der Waals surface area contributed by atoms with Gasteiger partial charge in [-0.25, -0.2) is 0 Å². The van der Waals surface area contributed by atoms with Crippen molar-refractivity contribution in [2.75, 3.05) is 57.9 Å². The standard InChI is InChI=1S/C29H42N4O6/c1-28-11-12-29(39-28)23(22(28)25(35)31-21-9-5-4-6-10-21)27(37)33(14-7-2-3-8-18-34)24(29)26(36)30-13-15-32-16-19-38-20-17-32/h4-6,9-10,22-24,34H,2-3,7-8,11-20H2,1H3,(H,30,36)(H,31,35)/t22-,23+,24?,28+,29?/m1/s1. The van der Waals surface area contributed by atoms with Gasteiger partial charge < -0.3 is 30.1 Å². The summed E-state index contributed by atoms with van der Waals surface area (Å²) in [6, 6.07) is 8.47. The Morgan fingerprint density at radius 1 is 1.03 bits per heavy atom. The number of likely N-dealkylation sites (tertiary alicyclic amines) is 1. The monoisotopic (exact) mass is 542 g/mol. The van der Waals surface area contributed by atoms with Gasteiger partial charge in [0.2, 0.25) is 17.7 Å². The molecule has 0 aliphatic carbocycles. The van der Waals surface area contributed by atoms with Gasteiger partial charge in [-0.15, -0.1) is 0 Å². The average Bonchev–Trinajstić information content (AvgIpc) is 3.50. The highest BCUT2D eigenvalue weighted by Gasteiger charge is 2.77. The number of para-hydroxylation sites is 1. The van der Waals surface area contributed by atoms with E-state index in [1.165, 1.54) is 0 Å². The predicted octanol–water partition coefficient (Wildman–Crippen LogP) is 1.39. The molecule has 0 aromatic heterocycles. The highest BCUT2D eigenvalue weighted by Crippen LogP contribution is 2.63. The van der Waals surface area contributed by atoms with E-state index in [0.29, 0.717) is 51.4 Å². The summed E-state index contributed by atoms with van der Waals surface area (Å²) in [5.74, 6) is -1.99. The third-order valence-electron chi connectivity index (χ3n) is 8.99. The van der Waals surface area contributed by atoms with Crippen molar-refractivity contribution in [1.29, 1.82) is 0 Å². The first-order valence-electron chi connectivity index (χ1n) is 14.4. The van der Waals surface area contributed by atoms with Gasteiger partial charge in [0.15, 0.2) is 0 Å². The quantitative estimate of drug-likeness (QED) is 0.342. The number of hydrogen-bond donors (Lipinski definition) is 3. The van der Waals surface area contributed by atoms with Crippen LogP contribution in [0.15, 0.2) is 30.3 Å². The summed E-state index contributed by atoms with van der Waals surface area (Å²) >= 11 is 0. The van der Waals surface area contributed by atoms with Crippen LogP contribution >= 0.6 is 0 Å². The van der Waals surface area contributed by atoms with Gasteiger partial charge in [-0.1, -0.05) is 31.0 Å². The Kier molecular flexibility index (Phi) is 8.56. The third kappa shape index (κ3) is 5.44. The van der Waals surface area contributed by atoms with Crippen LogP contribution in [0.2, 0.25) is 0 Å². The molecule has 214 valence electrons. The molecule has 0 saturated carbocycles. The van der Waals surface area contributed by atoms with Crippen molar-refractivity contribution < 1.29 is 29.0 Å². The molecule has 2 bridgehead atoms. The highest BCUT2D eigenvalue weighted by molar-refractivity contribution is 6.02. The molecule has 1 spiro atoms. The van der Waals surface area contributed by atoms with Crippen molar-refractivity contribution in [3.05, 3.63) is 30.3 Å². The number of rotatable bonds is 12. The lowest BCUT2D eigenvalue weighted by molar-refractivity contribution is -0.145. The van der Waals surface area contributed by atoms with E-state index in [0.717, 1.165) is 38.8 Å². The fourth-order valence-corrected chi connectivity index (χ4v) is 7.12. The fourth-order valence-electron chi connectivity index (χ4n) is 7.12. The summed E-state index contributed by atoms with van der Waals surface area (Å²) in [5, 5.41) is 15.2.